The second-order valence-electron chi connectivity index (χ2n) is 11.1. The lowest BCUT2D eigenvalue weighted by Crippen LogP contribution is -2.35. The van der Waals surface area contributed by atoms with Gasteiger partial charge < -0.3 is 25.5 Å². The molecular weight excluding hydrogens is 560 g/mol. The van der Waals surface area contributed by atoms with Gasteiger partial charge in [-0.05, 0) is 73.4 Å². The first kappa shape index (κ1) is 30.2. The number of carboxylic acid groups (broad SMARTS) is 1. The summed E-state index contributed by atoms with van der Waals surface area (Å²) >= 11 is 0. The van der Waals surface area contributed by atoms with Gasteiger partial charge in [-0.2, -0.15) is 5.26 Å². The number of aromatic nitrogens is 1. The third-order valence-corrected chi connectivity index (χ3v) is 8.15. The summed E-state index contributed by atoms with van der Waals surface area (Å²) in [5, 5.41) is 24.3. The van der Waals surface area contributed by atoms with Gasteiger partial charge in [0.25, 0.3) is 11.8 Å². The Hall–Kier alpha value is -5.24. The molecule has 2 aliphatic rings. The van der Waals surface area contributed by atoms with Gasteiger partial charge in [-0.15, -0.1) is 0 Å². The van der Waals surface area contributed by atoms with Crippen molar-refractivity contribution in [2.24, 2.45) is 5.92 Å². The van der Waals surface area contributed by atoms with E-state index in [1.54, 1.807) is 65.7 Å². The van der Waals surface area contributed by atoms with Crippen molar-refractivity contribution >= 4 is 35.1 Å². The zero-order valence-electron chi connectivity index (χ0n) is 24.2. The van der Waals surface area contributed by atoms with E-state index in [0.29, 0.717) is 55.0 Å². The van der Waals surface area contributed by atoms with Crippen LogP contribution < -0.4 is 15.5 Å². The Morgan fingerprint density at radius 2 is 1.75 bits per heavy atom. The Balaban J connectivity index is 1.35. The van der Waals surface area contributed by atoms with E-state index in [1.807, 2.05) is 0 Å². The summed E-state index contributed by atoms with van der Waals surface area (Å²) in [5.41, 5.74) is 3.11. The van der Waals surface area contributed by atoms with Gasteiger partial charge in [0.2, 0.25) is 5.91 Å². The van der Waals surface area contributed by atoms with Crippen LogP contribution in [0.4, 0.5) is 11.4 Å². The molecule has 2 heterocycles. The molecule has 11 heteroatoms. The Morgan fingerprint density at radius 1 is 0.977 bits per heavy atom. The average Bonchev–Trinajstić information content (AvgIpc) is 3.26. The zero-order valence-corrected chi connectivity index (χ0v) is 24.2. The van der Waals surface area contributed by atoms with Crippen LogP contribution in [0.25, 0.3) is 0 Å². The number of nitrogens with one attached hydrogen (secondary N) is 2. The van der Waals surface area contributed by atoms with E-state index < -0.39 is 17.9 Å². The summed E-state index contributed by atoms with van der Waals surface area (Å²) in [7, 11) is 0. The van der Waals surface area contributed by atoms with Crippen molar-refractivity contribution in [2.45, 2.75) is 38.1 Å². The number of carboxylic acids is 1. The number of pyridine rings is 1. The molecule has 44 heavy (non-hydrogen) atoms. The number of carbonyl (C=O) groups is 4. The van der Waals surface area contributed by atoms with Crippen molar-refractivity contribution < 1.29 is 24.3 Å². The molecule has 226 valence electrons. The third kappa shape index (κ3) is 7.21. The maximum atomic E-state index is 13.4. The predicted octanol–water partition coefficient (Wildman–Crippen LogP) is 3.99. The van der Waals surface area contributed by atoms with E-state index in [0.717, 1.165) is 24.9 Å². The standard InChI is InChI=1S/C33H34N6O5/c34-20-22-7-9-24(10-8-22)33(44)39-15-3-14-38(16-17-39)29-12-11-25(18-28(29)37-31(42)23-4-1-5-23)32(43)36-27(19-30(40)41)26-6-2-13-35-21-26/h2,6-13,18,21,23,27H,1,3-5,14-17,19H2,(H,36,43)(H,37,42)(H,40,41). The quantitative estimate of drug-likeness (QED) is 0.336. The molecule has 2 aromatic carbocycles. The molecule has 5 rings (SSSR count). The van der Waals surface area contributed by atoms with E-state index in [9.17, 15) is 24.3 Å². The van der Waals surface area contributed by atoms with Crippen LogP contribution in [0.2, 0.25) is 0 Å². The molecule has 1 saturated carbocycles. The van der Waals surface area contributed by atoms with Gasteiger partial charge in [-0.1, -0.05) is 12.5 Å². The Bertz CT molecular complexity index is 1570. The molecule has 1 aliphatic heterocycles. The molecule has 0 spiro atoms. The van der Waals surface area contributed by atoms with Crippen LogP contribution in [0.1, 0.15) is 70.0 Å². The Morgan fingerprint density at radius 3 is 2.41 bits per heavy atom. The number of nitrogens with zero attached hydrogens (tertiary/aromatic N) is 4. The van der Waals surface area contributed by atoms with Crippen LogP contribution in [0.3, 0.4) is 0 Å². The van der Waals surface area contributed by atoms with Crippen molar-refractivity contribution in [3.05, 3.63) is 89.2 Å². The molecule has 1 aliphatic carbocycles. The van der Waals surface area contributed by atoms with Crippen LogP contribution in [0, 0.1) is 17.2 Å². The highest BCUT2D eigenvalue weighted by Gasteiger charge is 2.28. The minimum atomic E-state index is -1.06. The number of anilines is 2. The third-order valence-electron chi connectivity index (χ3n) is 8.15. The molecule has 0 bridgehead atoms. The SMILES string of the molecule is N#Cc1ccc(C(=O)N2CCCN(c3ccc(C(=O)NC(CC(=O)O)c4cccnc4)cc3NC(=O)C3CCC3)CC2)cc1. The Kier molecular flexibility index (Phi) is 9.49. The summed E-state index contributed by atoms with van der Waals surface area (Å²) in [6.45, 7) is 2.16. The number of hydrogen-bond donors (Lipinski definition) is 3. The molecule has 3 N–H and O–H groups in total. The number of hydrogen-bond acceptors (Lipinski definition) is 7. The van der Waals surface area contributed by atoms with E-state index in [1.165, 1.54) is 6.20 Å². The summed E-state index contributed by atoms with van der Waals surface area (Å²) in [6.07, 6.45) is 6.12. The Labute approximate surface area is 255 Å². The molecule has 1 saturated heterocycles. The van der Waals surface area contributed by atoms with Gasteiger partial charge >= 0.3 is 5.97 Å². The van der Waals surface area contributed by atoms with Gasteiger partial charge in [-0.3, -0.25) is 24.2 Å². The first-order chi connectivity index (χ1) is 21.3. The maximum absolute atomic E-state index is 13.4. The molecule has 11 nitrogen and oxygen atoms in total. The summed E-state index contributed by atoms with van der Waals surface area (Å²) < 4.78 is 0. The fourth-order valence-corrected chi connectivity index (χ4v) is 5.44. The van der Waals surface area contributed by atoms with E-state index in [4.69, 9.17) is 5.26 Å². The summed E-state index contributed by atoms with van der Waals surface area (Å²) in [4.78, 5) is 59.1. The molecule has 3 aromatic rings. The van der Waals surface area contributed by atoms with Gasteiger partial charge in [0, 0.05) is 55.6 Å². The zero-order chi connectivity index (χ0) is 31.1. The van der Waals surface area contributed by atoms with Crippen LogP contribution in [0.5, 0.6) is 0 Å². The second kappa shape index (κ2) is 13.8. The predicted molar refractivity (Wildman–Crippen MR) is 163 cm³/mol. The first-order valence-electron chi connectivity index (χ1n) is 14.7. The number of rotatable bonds is 9. The van der Waals surface area contributed by atoms with Gasteiger partial charge in [-0.25, -0.2) is 0 Å². The van der Waals surface area contributed by atoms with Crippen molar-refractivity contribution in [3.8, 4) is 6.07 Å². The van der Waals surface area contributed by atoms with E-state index in [-0.39, 0.29) is 29.7 Å². The van der Waals surface area contributed by atoms with Crippen LogP contribution >= 0.6 is 0 Å². The van der Waals surface area contributed by atoms with E-state index >= 15 is 0 Å². The molecular formula is C33H34N6O5. The fourth-order valence-electron chi connectivity index (χ4n) is 5.44. The van der Waals surface area contributed by atoms with Gasteiger partial charge in [0.05, 0.1) is 35.5 Å². The number of amides is 3. The minimum absolute atomic E-state index is 0.0736. The summed E-state index contributed by atoms with van der Waals surface area (Å²) in [5.74, 6) is -1.81. The molecule has 1 unspecified atom stereocenters. The highest BCUT2D eigenvalue weighted by atomic mass is 16.4. The van der Waals surface area contributed by atoms with Gasteiger partial charge in [0.1, 0.15) is 0 Å². The molecule has 3 amide bonds. The minimum Gasteiger partial charge on any atom is -0.481 e. The largest absolute Gasteiger partial charge is 0.481 e. The molecule has 0 radical (unpaired) electrons. The van der Waals surface area contributed by atoms with Crippen molar-refractivity contribution in [1.29, 1.82) is 5.26 Å². The highest BCUT2D eigenvalue weighted by molar-refractivity contribution is 6.01. The average molecular weight is 595 g/mol. The van der Waals surface area contributed by atoms with Crippen molar-refractivity contribution in [2.75, 3.05) is 36.4 Å². The van der Waals surface area contributed by atoms with Crippen LogP contribution in [-0.4, -0.2) is 64.9 Å². The van der Waals surface area contributed by atoms with Crippen LogP contribution in [0.15, 0.2) is 67.0 Å². The van der Waals surface area contributed by atoms with E-state index in [2.05, 4.69) is 26.6 Å². The monoisotopic (exact) mass is 594 g/mol. The number of benzene rings is 2. The number of aliphatic carboxylic acids is 1. The first-order valence-corrected chi connectivity index (χ1v) is 14.7. The van der Waals surface area contributed by atoms with Crippen LogP contribution in [-0.2, 0) is 9.59 Å². The molecule has 2 fully saturated rings. The van der Waals surface area contributed by atoms with Crippen molar-refractivity contribution in [3.63, 3.8) is 0 Å². The lowest BCUT2D eigenvalue weighted by Gasteiger charge is -2.29. The lowest BCUT2D eigenvalue weighted by atomic mass is 9.85. The maximum Gasteiger partial charge on any atom is 0.305 e. The number of carbonyl (C=O) groups excluding carboxylic acids is 3. The highest BCUT2D eigenvalue weighted by Crippen LogP contribution is 2.32. The molecule has 1 aromatic heterocycles. The second-order valence-corrected chi connectivity index (χ2v) is 11.1. The number of nitriles is 1. The normalized spacial score (nSPS) is 15.7. The smallest absolute Gasteiger partial charge is 0.305 e. The summed E-state index contributed by atoms with van der Waals surface area (Å²) in [6, 6.07) is 16.3. The van der Waals surface area contributed by atoms with Crippen molar-refractivity contribution in [1.82, 2.24) is 15.2 Å². The topological polar surface area (TPSA) is 156 Å². The fraction of sp³-hybridized carbons (Fsp3) is 0.333. The molecule has 1 atom stereocenters. The lowest BCUT2D eigenvalue weighted by molar-refractivity contribution is -0.137. The van der Waals surface area contributed by atoms with Gasteiger partial charge in [0.15, 0.2) is 0 Å².